The minimum absolute atomic E-state index is 0.187. The molecule has 0 saturated heterocycles. The first-order valence-corrected chi connectivity index (χ1v) is 8.55. The summed E-state index contributed by atoms with van der Waals surface area (Å²) in [6.07, 6.45) is -1.07. The van der Waals surface area contributed by atoms with E-state index in [1.165, 1.54) is 18.5 Å². The Morgan fingerprint density at radius 2 is 1.93 bits per heavy atom. The number of rotatable bonds is 7. The molecule has 0 aliphatic rings. The molecule has 0 unspecified atom stereocenters. The van der Waals surface area contributed by atoms with Gasteiger partial charge >= 0.3 is 6.18 Å². The predicted octanol–water partition coefficient (Wildman–Crippen LogP) is 3.65. The van der Waals surface area contributed by atoms with E-state index < -0.39 is 12.8 Å². The van der Waals surface area contributed by atoms with Crippen LogP contribution in [0.1, 0.15) is 24.6 Å². The highest BCUT2D eigenvalue weighted by Gasteiger charge is 2.28. The number of hydrogen-bond acceptors (Lipinski definition) is 5. The molecule has 2 aromatic heterocycles. The molecule has 0 aliphatic carbocycles. The number of ether oxygens (including phenoxy) is 1. The number of aromatic nitrogens is 4. The van der Waals surface area contributed by atoms with Gasteiger partial charge in [-0.05, 0) is 24.1 Å². The van der Waals surface area contributed by atoms with Crippen LogP contribution in [0.25, 0.3) is 5.78 Å². The number of hydrogen-bond donors (Lipinski definition) is 0. The number of halogens is 3. The Balaban J connectivity index is 1.74. The highest BCUT2D eigenvalue weighted by Crippen LogP contribution is 2.21. The molecule has 1 aromatic carbocycles. The Labute approximate surface area is 154 Å². The normalized spacial score (nSPS) is 11.7. The van der Waals surface area contributed by atoms with Crippen LogP contribution in [0.3, 0.4) is 0 Å². The largest absolute Gasteiger partial charge is 0.484 e. The van der Waals surface area contributed by atoms with E-state index in [-0.39, 0.29) is 5.75 Å². The van der Waals surface area contributed by atoms with Crippen molar-refractivity contribution in [2.45, 2.75) is 32.5 Å². The van der Waals surface area contributed by atoms with E-state index in [1.54, 1.807) is 16.6 Å². The van der Waals surface area contributed by atoms with Crippen LogP contribution in [0.15, 0.2) is 36.7 Å². The average Bonchev–Trinajstić information content (AvgIpc) is 3.08. The summed E-state index contributed by atoms with van der Waals surface area (Å²) >= 11 is 0. The van der Waals surface area contributed by atoms with Crippen LogP contribution in [0, 0.1) is 0 Å². The van der Waals surface area contributed by atoms with Gasteiger partial charge in [0.25, 0.3) is 5.78 Å². The molecule has 3 rings (SSSR count). The highest BCUT2D eigenvalue weighted by atomic mass is 19.4. The van der Waals surface area contributed by atoms with Crippen molar-refractivity contribution in [2.75, 3.05) is 18.6 Å². The van der Waals surface area contributed by atoms with Crippen LogP contribution in [0.5, 0.6) is 5.75 Å². The molecule has 0 radical (unpaired) electrons. The lowest BCUT2D eigenvalue weighted by atomic mass is 10.2. The topological polar surface area (TPSA) is 55.6 Å². The Morgan fingerprint density at radius 1 is 1.19 bits per heavy atom. The number of nitrogens with zero attached hydrogens (tertiary/aromatic N) is 5. The van der Waals surface area contributed by atoms with Crippen molar-refractivity contribution in [3.63, 3.8) is 0 Å². The third-order valence-electron chi connectivity index (χ3n) is 3.93. The fourth-order valence-electron chi connectivity index (χ4n) is 2.71. The molecule has 0 atom stereocenters. The van der Waals surface area contributed by atoms with Gasteiger partial charge in [0.15, 0.2) is 6.61 Å². The first-order valence-electron chi connectivity index (χ1n) is 8.55. The molecule has 144 valence electrons. The van der Waals surface area contributed by atoms with Crippen LogP contribution in [-0.4, -0.2) is 39.4 Å². The van der Waals surface area contributed by atoms with E-state index in [9.17, 15) is 13.2 Å². The van der Waals surface area contributed by atoms with Gasteiger partial charge in [0.2, 0.25) is 0 Å². The van der Waals surface area contributed by atoms with Gasteiger partial charge in [0.1, 0.15) is 17.9 Å². The first kappa shape index (κ1) is 18.9. The molecule has 0 amide bonds. The molecule has 0 aliphatic heterocycles. The minimum atomic E-state index is -4.35. The molecule has 6 nitrogen and oxygen atoms in total. The second-order valence-corrected chi connectivity index (χ2v) is 6.23. The quantitative estimate of drug-likeness (QED) is 0.627. The third-order valence-corrected chi connectivity index (χ3v) is 3.93. The molecule has 0 saturated carbocycles. The standard InChI is InChI=1S/C18H20F3N5O/c1-3-4-14-9-16(26-17(24-14)22-12-23-26)25(2)10-13-5-7-15(8-6-13)27-11-18(19,20)21/h5-9,12H,3-4,10-11H2,1-2H3. The zero-order valence-corrected chi connectivity index (χ0v) is 15.1. The van der Waals surface area contributed by atoms with Crippen molar-refractivity contribution in [1.82, 2.24) is 19.6 Å². The first-order chi connectivity index (χ1) is 12.9. The van der Waals surface area contributed by atoms with Gasteiger partial charge in [-0.1, -0.05) is 25.5 Å². The number of aryl methyl sites for hydroxylation is 1. The van der Waals surface area contributed by atoms with Crippen molar-refractivity contribution in [2.24, 2.45) is 0 Å². The lowest BCUT2D eigenvalue weighted by Crippen LogP contribution is -2.21. The van der Waals surface area contributed by atoms with Crippen molar-refractivity contribution >= 4 is 11.6 Å². The summed E-state index contributed by atoms with van der Waals surface area (Å²) in [5.41, 5.74) is 1.87. The van der Waals surface area contributed by atoms with Gasteiger partial charge in [-0.15, -0.1) is 0 Å². The molecule has 27 heavy (non-hydrogen) atoms. The fourth-order valence-corrected chi connectivity index (χ4v) is 2.71. The van der Waals surface area contributed by atoms with Gasteiger partial charge in [-0.25, -0.2) is 4.98 Å². The zero-order chi connectivity index (χ0) is 19.4. The monoisotopic (exact) mass is 379 g/mol. The Kier molecular flexibility index (Phi) is 5.48. The van der Waals surface area contributed by atoms with Crippen molar-refractivity contribution in [3.05, 3.63) is 47.9 Å². The number of fused-ring (bicyclic) bond motifs is 1. The predicted molar refractivity (Wildman–Crippen MR) is 94.9 cm³/mol. The Morgan fingerprint density at radius 3 is 2.59 bits per heavy atom. The summed E-state index contributed by atoms with van der Waals surface area (Å²) in [5, 5.41) is 4.22. The number of anilines is 1. The minimum Gasteiger partial charge on any atom is -0.484 e. The fraction of sp³-hybridized carbons (Fsp3) is 0.389. The number of benzene rings is 1. The van der Waals surface area contributed by atoms with Crippen LogP contribution in [0.2, 0.25) is 0 Å². The highest BCUT2D eigenvalue weighted by molar-refractivity contribution is 5.47. The molecule has 2 heterocycles. The van der Waals surface area contributed by atoms with E-state index in [0.29, 0.717) is 12.3 Å². The third kappa shape index (κ3) is 4.87. The van der Waals surface area contributed by atoms with Crippen LogP contribution in [0.4, 0.5) is 19.0 Å². The maximum atomic E-state index is 12.2. The molecule has 0 N–H and O–H groups in total. The summed E-state index contributed by atoms with van der Waals surface area (Å²) in [7, 11) is 1.92. The van der Waals surface area contributed by atoms with Gasteiger partial charge in [0, 0.05) is 25.4 Å². The van der Waals surface area contributed by atoms with Gasteiger partial charge in [0.05, 0.1) is 0 Å². The van der Waals surface area contributed by atoms with E-state index in [1.807, 2.05) is 18.0 Å². The Hall–Kier alpha value is -2.84. The summed E-state index contributed by atoms with van der Waals surface area (Å²) < 4.78 is 43.1. The number of alkyl halides is 3. The lowest BCUT2D eigenvalue weighted by molar-refractivity contribution is -0.153. The summed E-state index contributed by atoms with van der Waals surface area (Å²) in [6, 6.07) is 8.54. The second-order valence-electron chi connectivity index (χ2n) is 6.23. The Bertz CT molecular complexity index is 892. The van der Waals surface area contributed by atoms with Crippen LogP contribution < -0.4 is 9.64 Å². The molecule has 3 aromatic rings. The molecular formula is C18H20F3N5O. The zero-order valence-electron chi connectivity index (χ0n) is 15.1. The molecular weight excluding hydrogens is 359 g/mol. The molecule has 0 spiro atoms. The smallest absolute Gasteiger partial charge is 0.422 e. The van der Waals surface area contributed by atoms with Crippen molar-refractivity contribution in [3.8, 4) is 5.75 Å². The maximum Gasteiger partial charge on any atom is 0.422 e. The second kappa shape index (κ2) is 7.81. The molecule has 0 fully saturated rings. The van der Waals surface area contributed by atoms with E-state index in [4.69, 9.17) is 4.74 Å². The van der Waals surface area contributed by atoms with E-state index in [2.05, 4.69) is 22.0 Å². The van der Waals surface area contributed by atoms with Crippen LogP contribution >= 0.6 is 0 Å². The van der Waals surface area contributed by atoms with E-state index in [0.717, 1.165) is 29.9 Å². The van der Waals surface area contributed by atoms with Crippen molar-refractivity contribution in [1.29, 1.82) is 0 Å². The van der Waals surface area contributed by atoms with Crippen LogP contribution in [-0.2, 0) is 13.0 Å². The SMILES string of the molecule is CCCc1cc(N(C)Cc2ccc(OCC(F)(F)F)cc2)n2ncnc2n1. The average molecular weight is 379 g/mol. The van der Waals surface area contributed by atoms with Gasteiger partial charge < -0.3 is 9.64 Å². The van der Waals surface area contributed by atoms with Gasteiger partial charge in [-0.2, -0.15) is 27.8 Å². The van der Waals surface area contributed by atoms with Gasteiger partial charge in [-0.3, -0.25) is 0 Å². The molecule has 0 bridgehead atoms. The van der Waals surface area contributed by atoms with Crippen molar-refractivity contribution < 1.29 is 17.9 Å². The summed E-state index contributed by atoms with van der Waals surface area (Å²) in [5.74, 6) is 1.57. The summed E-state index contributed by atoms with van der Waals surface area (Å²) in [6.45, 7) is 1.33. The van der Waals surface area contributed by atoms with E-state index >= 15 is 0 Å². The summed E-state index contributed by atoms with van der Waals surface area (Å²) in [4.78, 5) is 10.6. The molecule has 9 heteroatoms. The lowest BCUT2D eigenvalue weighted by Gasteiger charge is -2.20. The maximum absolute atomic E-state index is 12.2.